The number of amides is 1. The van der Waals surface area contributed by atoms with Crippen molar-refractivity contribution in [1.29, 1.82) is 0 Å². The molecule has 0 spiro atoms. The second-order valence-electron chi connectivity index (χ2n) is 3.62. The quantitative estimate of drug-likeness (QED) is 0.794. The lowest BCUT2D eigenvalue weighted by Crippen LogP contribution is -2.26. The Balaban J connectivity index is 1.81. The number of carbonyl (C=O) groups excluding carboxylic acids is 1. The summed E-state index contributed by atoms with van der Waals surface area (Å²) in [5, 5.41) is 11.2. The first-order valence-corrected chi connectivity index (χ1v) is 7.46. The van der Waals surface area contributed by atoms with Gasteiger partial charge in [0.2, 0.25) is 5.91 Å². The number of hydrogen-bond acceptors (Lipinski definition) is 5. The molecule has 0 unspecified atom stereocenters. The molecule has 2 N–H and O–H groups in total. The van der Waals surface area contributed by atoms with Gasteiger partial charge in [0.05, 0.1) is 16.8 Å². The van der Waals surface area contributed by atoms with Crippen molar-refractivity contribution in [3.05, 3.63) is 24.3 Å². The topological polar surface area (TPSA) is 62.2 Å². The third-order valence-electron chi connectivity index (χ3n) is 2.26. The average Bonchev–Trinajstić information content (AvgIpc) is 2.79. The van der Waals surface area contributed by atoms with Crippen molar-refractivity contribution in [2.24, 2.45) is 0 Å². The summed E-state index contributed by atoms with van der Waals surface area (Å²) in [7, 11) is 0. The third kappa shape index (κ3) is 3.69. The number of nitrogens with one attached hydrogen (secondary N) is 1. The van der Waals surface area contributed by atoms with E-state index >= 15 is 0 Å². The van der Waals surface area contributed by atoms with Gasteiger partial charge in [0, 0.05) is 18.7 Å². The summed E-state index contributed by atoms with van der Waals surface area (Å²) < 4.78 is 2.16. The molecule has 0 saturated carbocycles. The molecule has 0 fully saturated rings. The fourth-order valence-electron chi connectivity index (χ4n) is 1.43. The average molecular weight is 282 g/mol. The number of thioether (sulfide) groups is 1. The van der Waals surface area contributed by atoms with Crippen molar-refractivity contribution in [3.8, 4) is 0 Å². The van der Waals surface area contributed by atoms with Crippen LogP contribution in [-0.4, -0.2) is 34.9 Å². The highest BCUT2D eigenvalue weighted by Crippen LogP contribution is 2.29. The molecule has 96 valence electrons. The van der Waals surface area contributed by atoms with Crippen LogP contribution < -0.4 is 5.32 Å². The van der Waals surface area contributed by atoms with E-state index in [-0.39, 0.29) is 12.5 Å². The Morgan fingerprint density at radius 2 is 2.28 bits per heavy atom. The molecule has 1 amide bonds. The number of fused-ring (bicyclic) bond motifs is 1. The molecule has 1 aromatic carbocycles. The second-order valence-corrected chi connectivity index (χ2v) is 5.99. The number of thiazole rings is 1. The fraction of sp³-hybridized carbons (Fsp3) is 0.333. The number of benzene rings is 1. The Morgan fingerprint density at radius 3 is 3.06 bits per heavy atom. The molecule has 0 atom stereocenters. The SMILES string of the molecule is O=C(CCSc1nc2ccccc2s1)NCCO. The molecule has 1 heterocycles. The summed E-state index contributed by atoms with van der Waals surface area (Å²) >= 11 is 3.24. The molecule has 2 rings (SSSR count). The number of nitrogens with zero attached hydrogens (tertiary/aromatic N) is 1. The molecule has 0 radical (unpaired) electrons. The van der Waals surface area contributed by atoms with Crippen LogP contribution in [0.25, 0.3) is 10.2 Å². The molecule has 0 bridgehead atoms. The highest BCUT2D eigenvalue weighted by molar-refractivity contribution is 8.01. The van der Waals surface area contributed by atoms with Crippen LogP contribution in [0.4, 0.5) is 0 Å². The highest BCUT2D eigenvalue weighted by Gasteiger charge is 2.05. The van der Waals surface area contributed by atoms with Crippen LogP contribution in [0.5, 0.6) is 0 Å². The van der Waals surface area contributed by atoms with E-state index < -0.39 is 0 Å². The van der Waals surface area contributed by atoms with E-state index in [1.807, 2.05) is 24.3 Å². The number of para-hydroxylation sites is 1. The zero-order chi connectivity index (χ0) is 12.8. The van der Waals surface area contributed by atoms with Gasteiger partial charge in [0.1, 0.15) is 0 Å². The second kappa shape index (κ2) is 6.72. The maximum atomic E-state index is 11.3. The summed E-state index contributed by atoms with van der Waals surface area (Å²) in [6.07, 6.45) is 0.445. The van der Waals surface area contributed by atoms with Gasteiger partial charge in [-0.05, 0) is 12.1 Å². The third-order valence-corrected chi connectivity index (χ3v) is 4.44. The molecular weight excluding hydrogens is 268 g/mol. The summed E-state index contributed by atoms with van der Waals surface area (Å²) in [6, 6.07) is 8.00. The van der Waals surface area contributed by atoms with Crippen molar-refractivity contribution < 1.29 is 9.90 Å². The first kappa shape index (κ1) is 13.3. The first-order chi connectivity index (χ1) is 8.79. The van der Waals surface area contributed by atoms with Crippen molar-refractivity contribution in [2.45, 2.75) is 10.8 Å². The minimum atomic E-state index is -0.0299. The van der Waals surface area contributed by atoms with E-state index in [9.17, 15) is 4.79 Å². The monoisotopic (exact) mass is 282 g/mol. The van der Waals surface area contributed by atoms with Gasteiger partial charge >= 0.3 is 0 Å². The standard InChI is InChI=1S/C12H14N2O2S2/c15-7-6-13-11(16)5-8-17-12-14-9-3-1-2-4-10(9)18-12/h1-4,15H,5-8H2,(H,13,16). The molecule has 0 aliphatic rings. The lowest BCUT2D eigenvalue weighted by atomic mass is 10.3. The van der Waals surface area contributed by atoms with Crippen LogP contribution in [0, 0.1) is 0 Å². The number of aliphatic hydroxyl groups is 1. The summed E-state index contributed by atoms with van der Waals surface area (Å²) in [5.41, 5.74) is 1.01. The minimum Gasteiger partial charge on any atom is -0.395 e. The molecule has 18 heavy (non-hydrogen) atoms. The van der Waals surface area contributed by atoms with E-state index in [1.54, 1.807) is 23.1 Å². The highest BCUT2D eigenvalue weighted by atomic mass is 32.2. The van der Waals surface area contributed by atoms with Crippen LogP contribution in [0.2, 0.25) is 0 Å². The molecule has 0 saturated heterocycles. The number of aromatic nitrogens is 1. The molecule has 6 heteroatoms. The van der Waals surface area contributed by atoms with E-state index in [2.05, 4.69) is 10.3 Å². The number of hydrogen-bond donors (Lipinski definition) is 2. The van der Waals surface area contributed by atoms with Gasteiger partial charge < -0.3 is 10.4 Å². The Kier molecular flexibility index (Phi) is 4.98. The zero-order valence-corrected chi connectivity index (χ0v) is 11.4. The minimum absolute atomic E-state index is 0.0171. The summed E-state index contributed by atoms with van der Waals surface area (Å²) in [5.74, 6) is 0.675. The fourth-order valence-corrected chi connectivity index (χ4v) is 3.50. The molecule has 2 aromatic rings. The van der Waals surface area contributed by atoms with Crippen molar-refractivity contribution >= 4 is 39.2 Å². The Bertz CT molecular complexity index is 495. The van der Waals surface area contributed by atoms with Gasteiger partial charge in [-0.25, -0.2) is 4.98 Å². The van der Waals surface area contributed by atoms with Gasteiger partial charge in [-0.15, -0.1) is 11.3 Å². The molecule has 0 aliphatic carbocycles. The van der Waals surface area contributed by atoms with Gasteiger partial charge in [-0.1, -0.05) is 23.9 Å². The Labute approximate surface area is 113 Å². The van der Waals surface area contributed by atoms with Crippen LogP contribution in [0.1, 0.15) is 6.42 Å². The summed E-state index contributed by atoms with van der Waals surface area (Å²) in [6.45, 7) is 0.307. The maximum Gasteiger partial charge on any atom is 0.220 e. The lowest BCUT2D eigenvalue weighted by molar-refractivity contribution is -0.120. The van der Waals surface area contributed by atoms with Crippen LogP contribution >= 0.6 is 23.1 Å². The van der Waals surface area contributed by atoms with Crippen molar-refractivity contribution in [3.63, 3.8) is 0 Å². The van der Waals surface area contributed by atoms with E-state index in [0.717, 1.165) is 9.86 Å². The number of aliphatic hydroxyl groups excluding tert-OH is 1. The Morgan fingerprint density at radius 1 is 1.44 bits per heavy atom. The number of carbonyl (C=O) groups is 1. The summed E-state index contributed by atoms with van der Waals surface area (Å²) in [4.78, 5) is 15.8. The molecule has 4 nitrogen and oxygen atoms in total. The van der Waals surface area contributed by atoms with Crippen LogP contribution in [-0.2, 0) is 4.79 Å². The molecule has 1 aromatic heterocycles. The zero-order valence-electron chi connectivity index (χ0n) is 9.76. The van der Waals surface area contributed by atoms with Gasteiger partial charge in [-0.2, -0.15) is 0 Å². The van der Waals surface area contributed by atoms with E-state index in [1.165, 1.54) is 4.70 Å². The van der Waals surface area contributed by atoms with Crippen molar-refractivity contribution in [1.82, 2.24) is 10.3 Å². The van der Waals surface area contributed by atoms with E-state index in [0.29, 0.717) is 18.7 Å². The van der Waals surface area contributed by atoms with E-state index in [4.69, 9.17) is 5.11 Å². The Hall–Kier alpha value is -1.11. The van der Waals surface area contributed by atoms with Gasteiger partial charge in [0.25, 0.3) is 0 Å². The first-order valence-electron chi connectivity index (χ1n) is 5.65. The van der Waals surface area contributed by atoms with Crippen LogP contribution in [0.3, 0.4) is 0 Å². The van der Waals surface area contributed by atoms with Gasteiger partial charge in [-0.3, -0.25) is 4.79 Å². The molecule has 0 aliphatic heterocycles. The van der Waals surface area contributed by atoms with Gasteiger partial charge in [0.15, 0.2) is 4.34 Å². The predicted octanol–water partition coefficient (Wildman–Crippen LogP) is 1.89. The predicted molar refractivity (Wildman–Crippen MR) is 75.1 cm³/mol. The lowest BCUT2D eigenvalue weighted by Gasteiger charge is -2.01. The maximum absolute atomic E-state index is 11.3. The smallest absolute Gasteiger partial charge is 0.220 e. The number of rotatable bonds is 6. The molecular formula is C12H14N2O2S2. The normalized spacial score (nSPS) is 10.7. The largest absolute Gasteiger partial charge is 0.395 e. The van der Waals surface area contributed by atoms with Crippen LogP contribution in [0.15, 0.2) is 28.6 Å². The van der Waals surface area contributed by atoms with Crippen molar-refractivity contribution in [2.75, 3.05) is 18.9 Å².